The van der Waals surface area contributed by atoms with Gasteiger partial charge in [0.05, 0.1) is 16.3 Å². The SMILES string of the molecule is C=C1N=NN(c2ccc([N+](=O)[O-])cc2)C1CN(C)Cc1ccccc1. The van der Waals surface area contributed by atoms with Crippen molar-refractivity contribution in [1.29, 1.82) is 0 Å². The van der Waals surface area contributed by atoms with E-state index in [1.165, 1.54) is 17.7 Å². The second-order valence-electron chi connectivity index (χ2n) is 6.00. The van der Waals surface area contributed by atoms with Crippen LogP contribution >= 0.6 is 0 Å². The zero-order valence-corrected chi connectivity index (χ0v) is 13.9. The van der Waals surface area contributed by atoms with Crippen LogP contribution in [-0.2, 0) is 6.54 Å². The van der Waals surface area contributed by atoms with E-state index in [9.17, 15) is 10.1 Å². The summed E-state index contributed by atoms with van der Waals surface area (Å²) in [6.07, 6.45) is 0. The third kappa shape index (κ3) is 3.89. The van der Waals surface area contributed by atoms with Gasteiger partial charge in [-0.25, -0.2) is 5.01 Å². The summed E-state index contributed by atoms with van der Waals surface area (Å²) in [5.74, 6) is 0. The van der Waals surface area contributed by atoms with Crippen molar-refractivity contribution in [2.75, 3.05) is 18.6 Å². The first-order chi connectivity index (χ1) is 12.0. The fourth-order valence-corrected chi connectivity index (χ4v) is 2.77. The quantitative estimate of drug-likeness (QED) is 0.593. The molecular weight excluding hydrogens is 318 g/mol. The summed E-state index contributed by atoms with van der Waals surface area (Å²) in [5, 5.41) is 20.8. The predicted octanol–water partition coefficient (Wildman–Crippen LogP) is 3.80. The van der Waals surface area contributed by atoms with Crippen molar-refractivity contribution >= 4 is 11.4 Å². The Balaban J connectivity index is 1.71. The number of hydrogen-bond donors (Lipinski definition) is 0. The van der Waals surface area contributed by atoms with Gasteiger partial charge in [0, 0.05) is 25.2 Å². The van der Waals surface area contributed by atoms with Gasteiger partial charge in [-0.3, -0.25) is 15.0 Å². The normalized spacial score (nSPS) is 16.6. The fraction of sp³-hybridized carbons (Fsp3) is 0.222. The fourth-order valence-electron chi connectivity index (χ4n) is 2.77. The van der Waals surface area contributed by atoms with E-state index >= 15 is 0 Å². The van der Waals surface area contributed by atoms with Gasteiger partial charge in [0.2, 0.25) is 0 Å². The molecule has 0 radical (unpaired) electrons. The molecule has 2 aromatic rings. The number of anilines is 1. The lowest BCUT2D eigenvalue weighted by atomic mass is 10.1. The molecule has 7 nitrogen and oxygen atoms in total. The summed E-state index contributed by atoms with van der Waals surface area (Å²) in [6, 6.07) is 16.4. The van der Waals surface area contributed by atoms with E-state index in [0.717, 1.165) is 12.2 Å². The lowest BCUT2D eigenvalue weighted by Crippen LogP contribution is -2.38. The predicted molar refractivity (Wildman–Crippen MR) is 96.1 cm³/mol. The lowest BCUT2D eigenvalue weighted by Gasteiger charge is -2.27. The Bertz CT molecular complexity index is 789. The van der Waals surface area contributed by atoms with Crippen LogP contribution in [0.4, 0.5) is 11.4 Å². The standard InChI is InChI=1S/C18H19N5O2/c1-14-18(13-21(2)12-15-6-4-3-5-7-15)22(20-19-14)16-8-10-17(11-9-16)23(24)25/h3-11,18H,1,12-13H2,2H3. The van der Waals surface area contributed by atoms with Crippen LogP contribution in [0, 0.1) is 10.1 Å². The van der Waals surface area contributed by atoms with Crippen LogP contribution in [-0.4, -0.2) is 29.5 Å². The zero-order valence-electron chi connectivity index (χ0n) is 13.9. The van der Waals surface area contributed by atoms with Crippen molar-refractivity contribution in [2.24, 2.45) is 10.3 Å². The van der Waals surface area contributed by atoms with E-state index in [4.69, 9.17) is 0 Å². The van der Waals surface area contributed by atoms with E-state index in [-0.39, 0.29) is 11.7 Å². The van der Waals surface area contributed by atoms with Gasteiger partial charge in [0.1, 0.15) is 6.04 Å². The van der Waals surface area contributed by atoms with Crippen LogP contribution in [0.25, 0.3) is 0 Å². The van der Waals surface area contributed by atoms with Crippen LogP contribution in [0.5, 0.6) is 0 Å². The summed E-state index contributed by atoms with van der Waals surface area (Å²) in [7, 11) is 2.03. The first-order valence-electron chi connectivity index (χ1n) is 7.91. The number of likely N-dealkylation sites (N-methyl/N-ethyl adjacent to an activating group) is 1. The number of hydrogen-bond acceptors (Lipinski definition) is 6. The van der Waals surface area contributed by atoms with Crippen molar-refractivity contribution in [3.8, 4) is 0 Å². The van der Waals surface area contributed by atoms with E-state index in [1.807, 2.05) is 25.2 Å². The molecule has 0 saturated carbocycles. The minimum absolute atomic E-state index is 0.0523. The monoisotopic (exact) mass is 337 g/mol. The Kier molecular flexibility index (Phi) is 4.85. The molecule has 1 heterocycles. The highest BCUT2D eigenvalue weighted by Gasteiger charge is 2.29. The molecule has 0 spiro atoms. The Morgan fingerprint density at radius 1 is 1.20 bits per heavy atom. The molecule has 0 N–H and O–H groups in total. The van der Waals surface area contributed by atoms with Gasteiger partial charge >= 0.3 is 0 Å². The molecule has 0 bridgehead atoms. The maximum Gasteiger partial charge on any atom is 0.269 e. The number of rotatable bonds is 6. The minimum atomic E-state index is -0.417. The van der Waals surface area contributed by atoms with Gasteiger partial charge in [-0.15, -0.1) is 5.11 Å². The lowest BCUT2D eigenvalue weighted by molar-refractivity contribution is -0.384. The Hall–Kier alpha value is -3.06. The minimum Gasteiger partial charge on any atom is -0.300 e. The van der Waals surface area contributed by atoms with Crippen molar-refractivity contribution in [3.05, 3.63) is 82.6 Å². The zero-order chi connectivity index (χ0) is 17.8. The number of nitro benzene ring substituents is 1. The molecule has 0 amide bonds. The Morgan fingerprint density at radius 2 is 1.88 bits per heavy atom. The smallest absolute Gasteiger partial charge is 0.269 e. The first-order valence-corrected chi connectivity index (χ1v) is 7.91. The molecule has 1 aliphatic rings. The largest absolute Gasteiger partial charge is 0.300 e. The molecule has 25 heavy (non-hydrogen) atoms. The van der Waals surface area contributed by atoms with Gasteiger partial charge in [0.25, 0.3) is 5.69 Å². The van der Waals surface area contributed by atoms with Gasteiger partial charge in [0.15, 0.2) is 0 Å². The average Bonchev–Trinajstić information content (AvgIpc) is 2.96. The molecule has 1 aliphatic heterocycles. The summed E-state index contributed by atoms with van der Waals surface area (Å²) in [4.78, 5) is 12.6. The molecule has 128 valence electrons. The van der Waals surface area contributed by atoms with Crippen molar-refractivity contribution in [2.45, 2.75) is 12.6 Å². The summed E-state index contributed by atoms with van der Waals surface area (Å²) < 4.78 is 0. The highest BCUT2D eigenvalue weighted by molar-refractivity contribution is 5.53. The van der Waals surface area contributed by atoms with E-state index in [2.05, 4.69) is 33.9 Å². The molecule has 3 rings (SSSR count). The Labute approximate surface area is 146 Å². The number of non-ortho nitro benzene ring substituents is 1. The third-order valence-corrected chi connectivity index (χ3v) is 4.05. The number of benzene rings is 2. The summed E-state index contributed by atoms with van der Waals surface area (Å²) >= 11 is 0. The third-order valence-electron chi connectivity index (χ3n) is 4.05. The first kappa shape index (κ1) is 16.8. The van der Waals surface area contributed by atoms with Crippen LogP contribution in [0.3, 0.4) is 0 Å². The maximum atomic E-state index is 10.8. The molecule has 1 atom stereocenters. The van der Waals surface area contributed by atoms with E-state index in [0.29, 0.717) is 12.2 Å². The molecule has 0 saturated heterocycles. The molecule has 0 fully saturated rings. The van der Waals surface area contributed by atoms with Gasteiger partial charge < -0.3 is 0 Å². The van der Waals surface area contributed by atoms with Gasteiger partial charge in [-0.1, -0.05) is 42.1 Å². The van der Waals surface area contributed by atoms with Crippen LogP contribution in [0.15, 0.2) is 77.2 Å². The summed E-state index contributed by atoms with van der Waals surface area (Å²) in [6.45, 7) is 5.48. The number of nitro groups is 1. The molecule has 7 heteroatoms. The molecule has 2 aromatic carbocycles. The highest BCUT2D eigenvalue weighted by Crippen LogP contribution is 2.29. The topological polar surface area (TPSA) is 74.3 Å². The number of nitrogens with zero attached hydrogens (tertiary/aromatic N) is 5. The molecule has 0 aliphatic carbocycles. The van der Waals surface area contributed by atoms with E-state index < -0.39 is 4.92 Å². The highest BCUT2D eigenvalue weighted by atomic mass is 16.6. The van der Waals surface area contributed by atoms with Gasteiger partial charge in [-0.05, 0) is 24.7 Å². The second kappa shape index (κ2) is 7.23. The van der Waals surface area contributed by atoms with Crippen molar-refractivity contribution in [3.63, 3.8) is 0 Å². The van der Waals surface area contributed by atoms with Crippen LogP contribution in [0.2, 0.25) is 0 Å². The summed E-state index contributed by atoms with van der Waals surface area (Å²) in [5.41, 5.74) is 2.71. The van der Waals surface area contributed by atoms with Crippen LogP contribution < -0.4 is 5.01 Å². The average molecular weight is 337 g/mol. The molecule has 1 unspecified atom stereocenters. The molecular formula is C18H19N5O2. The van der Waals surface area contributed by atoms with Crippen molar-refractivity contribution < 1.29 is 4.92 Å². The maximum absolute atomic E-state index is 10.8. The molecule has 0 aromatic heterocycles. The second-order valence-corrected chi connectivity index (χ2v) is 6.00. The Morgan fingerprint density at radius 3 is 2.52 bits per heavy atom. The van der Waals surface area contributed by atoms with Crippen LogP contribution in [0.1, 0.15) is 5.56 Å². The van der Waals surface area contributed by atoms with E-state index in [1.54, 1.807) is 17.1 Å². The van der Waals surface area contributed by atoms with Crippen molar-refractivity contribution in [1.82, 2.24) is 4.90 Å². The van der Waals surface area contributed by atoms with Gasteiger partial charge in [-0.2, -0.15) is 0 Å².